The molecule has 0 aliphatic carbocycles. The molecule has 4 aromatic rings. The van der Waals surface area contributed by atoms with Gasteiger partial charge in [-0.25, -0.2) is 4.98 Å². The number of carbonyl (C=O) groups is 1. The van der Waals surface area contributed by atoms with Crippen LogP contribution in [0.5, 0.6) is 11.5 Å². The van der Waals surface area contributed by atoms with Crippen LogP contribution >= 0.6 is 23.1 Å². The number of aryl methyl sites for hydroxylation is 1. The van der Waals surface area contributed by atoms with Crippen molar-refractivity contribution >= 4 is 49.3 Å². The molecule has 0 bridgehead atoms. The first-order chi connectivity index (χ1) is 18.5. The Labute approximate surface area is 229 Å². The van der Waals surface area contributed by atoms with Gasteiger partial charge in [-0.3, -0.25) is 14.2 Å². The normalized spacial score (nSPS) is 14.7. The Kier molecular flexibility index (Phi) is 8.21. The molecule has 0 radical (unpaired) electrons. The van der Waals surface area contributed by atoms with Gasteiger partial charge < -0.3 is 19.1 Å². The molecule has 0 N–H and O–H groups in total. The number of thioether (sulfide) groups is 1. The van der Waals surface area contributed by atoms with E-state index in [0.717, 1.165) is 15.6 Å². The van der Waals surface area contributed by atoms with Gasteiger partial charge in [-0.05, 0) is 36.6 Å². The third kappa shape index (κ3) is 5.25. The van der Waals surface area contributed by atoms with E-state index < -0.39 is 0 Å². The highest BCUT2D eigenvalue weighted by atomic mass is 32.2. The monoisotopic (exact) mass is 553 g/mol. The average molecular weight is 554 g/mol. The highest BCUT2D eigenvalue weighted by Gasteiger charge is 2.28. The lowest BCUT2D eigenvalue weighted by molar-refractivity contribution is -0.134. The van der Waals surface area contributed by atoms with Crippen molar-refractivity contribution in [3.05, 3.63) is 58.4 Å². The van der Waals surface area contributed by atoms with Crippen LogP contribution in [0.4, 0.5) is 0 Å². The molecule has 200 valence electrons. The van der Waals surface area contributed by atoms with Gasteiger partial charge >= 0.3 is 0 Å². The van der Waals surface area contributed by atoms with Gasteiger partial charge in [-0.1, -0.05) is 43.0 Å². The molecule has 2 aromatic carbocycles. The maximum absolute atomic E-state index is 13.9. The first kappa shape index (κ1) is 26.5. The summed E-state index contributed by atoms with van der Waals surface area (Å²) in [5.41, 5.74) is 1.64. The number of carbonyl (C=O) groups excluding carboxylic acids is 1. The van der Waals surface area contributed by atoms with Crippen LogP contribution in [0.25, 0.3) is 20.3 Å². The fourth-order valence-electron chi connectivity index (χ4n) is 4.64. The molecule has 1 amide bonds. The Morgan fingerprint density at radius 3 is 2.63 bits per heavy atom. The summed E-state index contributed by atoms with van der Waals surface area (Å²) in [5.74, 6) is 1.37. The van der Waals surface area contributed by atoms with Crippen LogP contribution in [0.15, 0.2) is 52.4 Å². The minimum Gasteiger partial charge on any atom is -0.493 e. The molecule has 1 aliphatic rings. The minimum atomic E-state index is -0.338. The Hall–Kier alpha value is -3.08. The number of amides is 1. The summed E-state index contributed by atoms with van der Waals surface area (Å²) in [7, 11) is 3.21. The molecule has 0 unspecified atom stereocenters. The van der Waals surface area contributed by atoms with E-state index in [2.05, 4.69) is 0 Å². The van der Waals surface area contributed by atoms with Gasteiger partial charge in [0.05, 0.1) is 38.2 Å². The Morgan fingerprint density at radius 1 is 1.13 bits per heavy atom. The predicted molar refractivity (Wildman–Crippen MR) is 152 cm³/mol. The Bertz CT molecular complexity index is 1510. The van der Waals surface area contributed by atoms with Crippen molar-refractivity contribution in [1.82, 2.24) is 14.5 Å². The summed E-state index contributed by atoms with van der Waals surface area (Å²) >= 11 is 2.85. The van der Waals surface area contributed by atoms with Crippen LogP contribution in [0.2, 0.25) is 0 Å². The van der Waals surface area contributed by atoms with Gasteiger partial charge in [-0.2, -0.15) is 0 Å². The van der Waals surface area contributed by atoms with Crippen LogP contribution in [0.3, 0.4) is 0 Å². The highest BCUT2D eigenvalue weighted by molar-refractivity contribution is 8.00. The highest BCUT2D eigenvalue weighted by Crippen LogP contribution is 2.34. The second kappa shape index (κ2) is 11.8. The van der Waals surface area contributed by atoms with Crippen molar-refractivity contribution in [3.63, 3.8) is 0 Å². The minimum absolute atomic E-state index is 0.0664. The molecule has 2 aromatic heterocycles. The molecule has 1 aliphatic heterocycles. The van der Waals surface area contributed by atoms with E-state index in [1.807, 2.05) is 54.3 Å². The summed E-state index contributed by atoms with van der Waals surface area (Å²) in [6.45, 7) is 4.70. The number of fused-ring (bicyclic) bond motifs is 3. The van der Waals surface area contributed by atoms with Crippen molar-refractivity contribution < 1.29 is 19.0 Å². The van der Waals surface area contributed by atoms with Crippen molar-refractivity contribution in [3.8, 4) is 11.5 Å². The molecular weight excluding hydrogens is 522 g/mol. The summed E-state index contributed by atoms with van der Waals surface area (Å²) in [6, 6.07) is 13.7. The standard InChI is InChI=1S/C28H31N3O5S2/c1-4-22(26(32)30-13-15-36-16-14-30)38-28-29-24-19-7-5-6-8-23(19)37-25(24)27(33)31(28)12-11-18-9-10-20(34-2)21(17-18)35-3/h5-10,17,22H,4,11-16H2,1-3H3/t22-/m1/s1. The van der Waals surface area contributed by atoms with E-state index in [-0.39, 0.29) is 16.7 Å². The number of methoxy groups -OCH3 is 2. The zero-order chi connectivity index (χ0) is 26.6. The van der Waals surface area contributed by atoms with Crippen LogP contribution in [-0.2, 0) is 22.5 Å². The number of hydrogen-bond donors (Lipinski definition) is 0. The molecule has 1 saturated heterocycles. The fraction of sp³-hybridized carbons (Fsp3) is 0.393. The number of benzene rings is 2. The quantitative estimate of drug-likeness (QED) is 0.221. The van der Waals surface area contributed by atoms with Crippen molar-refractivity contribution in [2.45, 2.75) is 36.7 Å². The number of morpholine rings is 1. The van der Waals surface area contributed by atoms with Gasteiger partial charge in [-0.15, -0.1) is 11.3 Å². The van der Waals surface area contributed by atoms with Crippen molar-refractivity contribution in [2.75, 3.05) is 40.5 Å². The molecule has 1 fully saturated rings. The summed E-state index contributed by atoms with van der Waals surface area (Å²) in [6.07, 6.45) is 1.23. The second-order valence-corrected chi connectivity index (χ2v) is 11.2. The predicted octanol–water partition coefficient (Wildman–Crippen LogP) is 4.60. The lowest BCUT2D eigenvalue weighted by Crippen LogP contribution is -2.44. The number of ether oxygens (including phenoxy) is 3. The van der Waals surface area contributed by atoms with Crippen molar-refractivity contribution in [2.24, 2.45) is 0 Å². The Balaban J connectivity index is 1.53. The van der Waals surface area contributed by atoms with Gasteiger partial charge in [0.2, 0.25) is 5.91 Å². The first-order valence-electron chi connectivity index (χ1n) is 12.7. The third-order valence-corrected chi connectivity index (χ3v) is 9.23. The number of aromatic nitrogens is 2. The van der Waals surface area contributed by atoms with Crippen LogP contribution in [0.1, 0.15) is 18.9 Å². The summed E-state index contributed by atoms with van der Waals surface area (Å²) < 4.78 is 19.6. The van der Waals surface area contributed by atoms with Gasteiger partial charge in [0, 0.05) is 29.7 Å². The third-order valence-electron chi connectivity index (χ3n) is 6.74. The zero-order valence-electron chi connectivity index (χ0n) is 21.8. The number of rotatable bonds is 9. The molecular formula is C28H31N3O5S2. The fourth-order valence-corrected chi connectivity index (χ4v) is 6.85. The molecule has 38 heavy (non-hydrogen) atoms. The van der Waals surface area contributed by atoms with Gasteiger partial charge in [0.1, 0.15) is 4.70 Å². The van der Waals surface area contributed by atoms with Crippen LogP contribution < -0.4 is 15.0 Å². The van der Waals surface area contributed by atoms with E-state index in [0.29, 0.717) is 72.6 Å². The topological polar surface area (TPSA) is 82.9 Å². The molecule has 8 nitrogen and oxygen atoms in total. The van der Waals surface area contributed by atoms with Gasteiger partial charge in [0.25, 0.3) is 5.56 Å². The average Bonchev–Trinajstić information content (AvgIpc) is 3.34. The summed E-state index contributed by atoms with van der Waals surface area (Å²) in [5, 5.41) is 1.20. The van der Waals surface area contributed by atoms with Crippen molar-refractivity contribution in [1.29, 1.82) is 0 Å². The number of hydrogen-bond acceptors (Lipinski definition) is 8. The van der Waals surface area contributed by atoms with Gasteiger partial charge in [0.15, 0.2) is 16.7 Å². The van der Waals surface area contributed by atoms with E-state index in [9.17, 15) is 9.59 Å². The molecule has 1 atom stereocenters. The first-order valence-corrected chi connectivity index (χ1v) is 14.4. The smallest absolute Gasteiger partial charge is 0.272 e. The van der Waals surface area contributed by atoms with Crippen LogP contribution in [-0.4, -0.2) is 66.1 Å². The number of thiophene rings is 1. The maximum Gasteiger partial charge on any atom is 0.272 e. The lowest BCUT2D eigenvalue weighted by atomic mass is 10.1. The molecule has 5 rings (SSSR count). The SMILES string of the molecule is CC[C@@H](Sc1nc2c(sc3ccccc32)c(=O)n1CCc1ccc(OC)c(OC)c1)C(=O)N1CCOCC1. The lowest BCUT2D eigenvalue weighted by Gasteiger charge is -2.30. The number of nitrogens with zero attached hydrogens (tertiary/aromatic N) is 3. The van der Waals surface area contributed by atoms with Crippen LogP contribution in [0, 0.1) is 0 Å². The largest absolute Gasteiger partial charge is 0.493 e. The zero-order valence-corrected chi connectivity index (χ0v) is 23.4. The van der Waals surface area contributed by atoms with E-state index in [1.165, 1.54) is 23.1 Å². The molecule has 3 heterocycles. The van der Waals surface area contributed by atoms with E-state index >= 15 is 0 Å². The Morgan fingerprint density at radius 2 is 1.89 bits per heavy atom. The molecule has 10 heteroatoms. The molecule has 0 saturated carbocycles. The van der Waals surface area contributed by atoms with E-state index in [1.54, 1.807) is 18.8 Å². The second-order valence-electron chi connectivity index (χ2n) is 9.02. The van der Waals surface area contributed by atoms with E-state index in [4.69, 9.17) is 19.2 Å². The molecule has 0 spiro atoms. The summed E-state index contributed by atoms with van der Waals surface area (Å²) in [4.78, 5) is 34.1. The maximum atomic E-state index is 13.9.